The zero-order chi connectivity index (χ0) is 19.8. The quantitative estimate of drug-likeness (QED) is 0.213. The maximum atomic E-state index is 11.8. The van der Waals surface area contributed by atoms with Gasteiger partial charge in [0.25, 0.3) is 0 Å². The van der Waals surface area contributed by atoms with E-state index in [9.17, 15) is 14.7 Å². The van der Waals surface area contributed by atoms with Crippen molar-refractivity contribution >= 4 is 65.0 Å². The van der Waals surface area contributed by atoms with Crippen molar-refractivity contribution in [3.8, 4) is 0 Å². The first-order valence-corrected chi connectivity index (χ1v) is 9.65. The van der Waals surface area contributed by atoms with Crippen molar-refractivity contribution in [2.45, 2.75) is 32.3 Å². The minimum atomic E-state index is -0.859. The van der Waals surface area contributed by atoms with Crippen LogP contribution in [0.5, 0.6) is 0 Å². The second kappa shape index (κ2) is 12.5. The van der Waals surface area contributed by atoms with Crippen LogP contribution in [0.25, 0.3) is 0 Å². The van der Waals surface area contributed by atoms with Gasteiger partial charge < -0.3 is 15.7 Å². The first-order chi connectivity index (χ1) is 12.9. The summed E-state index contributed by atoms with van der Waals surface area (Å²) in [4.78, 5) is 29.2. The number of nitrogens with one attached hydrogen (secondary N) is 2. The molecule has 1 atom stereocenters. The Morgan fingerprint density at radius 2 is 1.79 bits per heavy atom. The number of benzene rings is 1. The highest BCUT2D eigenvalue weighted by atomic mass is 127. The van der Waals surface area contributed by atoms with Gasteiger partial charge in [-0.25, -0.2) is 0 Å². The van der Waals surface area contributed by atoms with Crippen LogP contribution in [0.2, 0.25) is 10.0 Å². The fourth-order valence-electron chi connectivity index (χ4n) is 2.73. The monoisotopic (exact) mass is 542 g/mol. The van der Waals surface area contributed by atoms with Gasteiger partial charge in [-0.2, -0.15) is 0 Å². The molecule has 1 aliphatic heterocycles. The Morgan fingerprint density at radius 1 is 1.18 bits per heavy atom. The lowest BCUT2D eigenvalue weighted by atomic mass is 10.1. The lowest BCUT2D eigenvalue weighted by molar-refractivity contribution is -0.147. The SMILES string of the molecule is CCNC(=NCC(O)c1cc(Cl)cc(Cl)c1)NCCN1C(=O)CCCC1=O.I. The van der Waals surface area contributed by atoms with Gasteiger partial charge in [-0.15, -0.1) is 24.0 Å². The van der Waals surface area contributed by atoms with Crippen LogP contribution in [0.15, 0.2) is 23.2 Å². The van der Waals surface area contributed by atoms with Crippen LogP contribution in [0, 0.1) is 0 Å². The first kappa shape index (κ1) is 24.9. The molecule has 0 saturated carbocycles. The third-order valence-electron chi connectivity index (χ3n) is 4.05. The Hall–Kier alpha value is -1.10. The zero-order valence-corrected chi connectivity index (χ0v) is 19.4. The number of amides is 2. The molecule has 28 heavy (non-hydrogen) atoms. The molecule has 1 aromatic carbocycles. The number of nitrogens with zero attached hydrogens (tertiary/aromatic N) is 2. The van der Waals surface area contributed by atoms with Crippen LogP contribution in [0.1, 0.15) is 37.9 Å². The van der Waals surface area contributed by atoms with Gasteiger partial charge in [0.15, 0.2) is 5.96 Å². The first-order valence-electron chi connectivity index (χ1n) is 8.90. The second-order valence-electron chi connectivity index (χ2n) is 6.16. The Balaban J connectivity index is 0.00000392. The van der Waals surface area contributed by atoms with Gasteiger partial charge >= 0.3 is 0 Å². The zero-order valence-electron chi connectivity index (χ0n) is 15.6. The van der Waals surface area contributed by atoms with Crippen molar-refractivity contribution in [3.05, 3.63) is 33.8 Å². The molecule has 0 radical (unpaired) electrons. The summed E-state index contributed by atoms with van der Waals surface area (Å²) < 4.78 is 0. The Kier molecular flexibility index (Phi) is 11.1. The molecule has 156 valence electrons. The van der Waals surface area contributed by atoms with E-state index in [-0.39, 0.29) is 48.9 Å². The standard InChI is InChI=1S/C18H24Cl2N4O3.HI/c1-2-21-18(22-6-7-24-16(26)4-3-5-17(24)27)23-11-15(25)12-8-13(19)10-14(20)9-12;/h8-10,15,25H,2-7,11H2,1H3,(H2,21,22,23);1H. The minimum Gasteiger partial charge on any atom is -0.386 e. The van der Waals surface area contributed by atoms with E-state index in [1.807, 2.05) is 6.92 Å². The number of hydrogen-bond donors (Lipinski definition) is 3. The molecule has 1 fully saturated rings. The van der Waals surface area contributed by atoms with E-state index in [4.69, 9.17) is 23.2 Å². The maximum Gasteiger partial charge on any atom is 0.229 e. The summed E-state index contributed by atoms with van der Waals surface area (Å²) in [5.41, 5.74) is 0.580. The van der Waals surface area contributed by atoms with Gasteiger partial charge in [-0.3, -0.25) is 19.5 Å². The molecule has 10 heteroatoms. The average Bonchev–Trinajstić information content (AvgIpc) is 2.61. The van der Waals surface area contributed by atoms with Crippen LogP contribution in [-0.4, -0.2) is 54.0 Å². The molecular formula is C18H25Cl2IN4O3. The highest BCUT2D eigenvalue weighted by Crippen LogP contribution is 2.23. The van der Waals surface area contributed by atoms with Crippen LogP contribution >= 0.6 is 47.2 Å². The predicted octanol–water partition coefficient (Wildman–Crippen LogP) is 2.74. The predicted molar refractivity (Wildman–Crippen MR) is 121 cm³/mol. The number of likely N-dealkylation sites (tertiary alicyclic amines) is 1. The number of piperidine rings is 1. The molecule has 0 spiro atoms. The fraction of sp³-hybridized carbons (Fsp3) is 0.500. The van der Waals surface area contributed by atoms with E-state index in [1.165, 1.54) is 4.90 Å². The largest absolute Gasteiger partial charge is 0.386 e. The second-order valence-corrected chi connectivity index (χ2v) is 7.03. The number of guanidine groups is 1. The number of imide groups is 1. The summed E-state index contributed by atoms with van der Waals surface area (Å²) in [5, 5.41) is 17.3. The minimum absolute atomic E-state index is 0. The number of aliphatic hydroxyl groups excluding tert-OH is 1. The van der Waals surface area contributed by atoms with Gasteiger partial charge in [-0.1, -0.05) is 23.2 Å². The summed E-state index contributed by atoms with van der Waals surface area (Å²) in [6.45, 7) is 3.32. The molecule has 1 heterocycles. The maximum absolute atomic E-state index is 11.8. The molecule has 1 aromatic rings. The molecule has 7 nitrogen and oxygen atoms in total. The number of rotatable bonds is 7. The topological polar surface area (TPSA) is 94.0 Å². The Labute approximate surface area is 191 Å². The summed E-state index contributed by atoms with van der Waals surface area (Å²) in [6.07, 6.45) is 0.585. The van der Waals surface area contributed by atoms with Crippen LogP contribution in [0.4, 0.5) is 0 Å². The van der Waals surface area contributed by atoms with E-state index in [2.05, 4.69) is 15.6 Å². The van der Waals surface area contributed by atoms with Gasteiger partial charge in [0.2, 0.25) is 11.8 Å². The van der Waals surface area contributed by atoms with Crippen molar-refractivity contribution in [1.82, 2.24) is 15.5 Å². The third kappa shape index (κ3) is 7.73. The third-order valence-corrected chi connectivity index (χ3v) is 4.48. The van der Waals surface area contributed by atoms with Crippen molar-refractivity contribution < 1.29 is 14.7 Å². The van der Waals surface area contributed by atoms with Crippen molar-refractivity contribution in [2.75, 3.05) is 26.2 Å². The van der Waals surface area contributed by atoms with E-state index >= 15 is 0 Å². The van der Waals surface area contributed by atoms with E-state index in [0.717, 1.165) is 0 Å². The number of halogens is 3. The lowest BCUT2D eigenvalue weighted by Gasteiger charge is -2.25. The molecule has 1 saturated heterocycles. The van der Waals surface area contributed by atoms with Crippen molar-refractivity contribution in [2.24, 2.45) is 4.99 Å². The summed E-state index contributed by atoms with van der Waals surface area (Å²) in [7, 11) is 0. The van der Waals surface area contributed by atoms with E-state index < -0.39 is 6.10 Å². The molecule has 2 rings (SSSR count). The number of aliphatic hydroxyl groups is 1. The highest BCUT2D eigenvalue weighted by molar-refractivity contribution is 14.0. The molecule has 0 aliphatic carbocycles. The van der Waals surface area contributed by atoms with Gasteiger partial charge in [0.05, 0.1) is 12.6 Å². The van der Waals surface area contributed by atoms with Crippen molar-refractivity contribution in [1.29, 1.82) is 0 Å². The molecule has 0 aromatic heterocycles. The number of hydrogen-bond acceptors (Lipinski definition) is 4. The summed E-state index contributed by atoms with van der Waals surface area (Å²) in [6, 6.07) is 4.88. The molecule has 3 N–H and O–H groups in total. The normalized spacial score (nSPS) is 15.9. The summed E-state index contributed by atoms with van der Waals surface area (Å²) >= 11 is 11.9. The molecule has 1 unspecified atom stereocenters. The smallest absolute Gasteiger partial charge is 0.229 e. The van der Waals surface area contributed by atoms with E-state index in [0.29, 0.717) is 53.9 Å². The van der Waals surface area contributed by atoms with Crippen molar-refractivity contribution in [3.63, 3.8) is 0 Å². The van der Waals surface area contributed by atoms with Gasteiger partial charge in [-0.05, 0) is 37.1 Å². The molecule has 2 amide bonds. The number of carbonyl (C=O) groups is 2. The van der Waals surface area contributed by atoms with Gasteiger partial charge in [0.1, 0.15) is 0 Å². The van der Waals surface area contributed by atoms with Crippen LogP contribution in [-0.2, 0) is 9.59 Å². The Bertz CT molecular complexity index is 682. The fourth-order valence-corrected chi connectivity index (χ4v) is 3.27. The van der Waals surface area contributed by atoms with E-state index in [1.54, 1.807) is 18.2 Å². The summed E-state index contributed by atoms with van der Waals surface area (Å²) in [5.74, 6) is 0.216. The number of aliphatic imine (C=N–C) groups is 1. The number of carbonyl (C=O) groups excluding carboxylic acids is 2. The Morgan fingerprint density at radius 3 is 2.36 bits per heavy atom. The molecule has 0 bridgehead atoms. The molecule has 1 aliphatic rings. The van der Waals surface area contributed by atoms with Crippen LogP contribution in [0.3, 0.4) is 0 Å². The molecular weight excluding hydrogens is 518 g/mol. The average molecular weight is 543 g/mol. The van der Waals surface area contributed by atoms with Crippen LogP contribution < -0.4 is 10.6 Å². The van der Waals surface area contributed by atoms with Gasteiger partial charge in [0, 0.05) is 42.5 Å². The highest BCUT2D eigenvalue weighted by Gasteiger charge is 2.25. The lowest BCUT2D eigenvalue weighted by Crippen LogP contribution is -2.46.